The Balaban J connectivity index is 2.30. The number of unbranched alkanes of at least 4 members (excludes halogenated alkanes) is 3. The first-order valence-corrected chi connectivity index (χ1v) is 5.95. The first kappa shape index (κ1) is 13.2. The lowest BCUT2D eigenvalue weighted by Gasteiger charge is -2.09. The van der Waals surface area contributed by atoms with Crippen LogP contribution >= 0.6 is 23.2 Å². The third kappa shape index (κ3) is 4.30. The molecule has 0 aliphatic carbocycles. The van der Waals surface area contributed by atoms with Crippen molar-refractivity contribution in [1.82, 2.24) is 0 Å². The molecular formula is C12H13Cl2NO. The molecule has 0 aliphatic rings. The average molecular weight is 258 g/mol. The topological polar surface area (TPSA) is 33.0 Å². The number of nitriles is 1. The van der Waals surface area contributed by atoms with Crippen molar-refractivity contribution in [3.63, 3.8) is 0 Å². The normalized spacial score (nSPS) is 9.81. The second-order valence-electron chi connectivity index (χ2n) is 3.37. The summed E-state index contributed by atoms with van der Waals surface area (Å²) in [4.78, 5) is 0. The van der Waals surface area contributed by atoms with Crippen molar-refractivity contribution in [3.8, 4) is 11.8 Å². The monoisotopic (exact) mass is 257 g/mol. The molecule has 0 unspecified atom stereocenters. The van der Waals surface area contributed by atoms with E-state index < -0.39 is 0 Å². The lowest BCUT2D eigenvalue weighted by atomic mass is 10.2. The summed E-state index contributed by atoms with van der Waals surface area (Å²) >= 11 is 11.9. The van der Waals surface area contributed by atoms with Crippen molar-refractivity contribution < 1.29 is 4.74 Å². The molecule has 0 aromatic heterocycles. The highest BCUT2D eigenvalue weighted by Crippen LogP contribution is 2.32. The largest absolute Gasteiger partial charge is 0.490 e. The number of hydrogen-bond donors (Lipinski definition) is 0. The lowest BCUT2D eigenvalue weighted by Crippen LogP contribution is -1.98. The van der Waals surface area contributed by atoms with Crippen LogP contribution in [-0.4, -0.2) is 6.61 Å². The van der Waals surface area contributed by atoms with Crippen LogP contribution in [0.25, 0.3) is 0 Å². The Morgan fingerprint density at radius 2 is 1.81 bits per heavy atom. The lowest BCUT2D eigenvalue weighted by molar-refractivity contribution is 0.306. The number of halogens is 2. The molecule has 2 nitrogen and oxygen atoms in total. The molecule has 0 saturated carbocycles. The maximum atomic E-state index is 8.36. The zero-order valence-electron chi connectivity index (χ0n) is 8.88. The van der Waals surface area contributed by atoms with Crippen LogP contribution in [0.15, 0.2) is 18.2 Å². The molecule has 1 aromatic rings. The Hall–Kier alpha value is -0.910. The first-order valence-electron chi connectivity index (χ1n) is 5.19. The number of ether oxygens (including phenoxy) is 1. The van der Waals surface area contributed by atoms with Gasteiger partial charge in [-0.2, -0.15) is 5.26 Å². The molecule has 0 spiro atoms. The average Bonchev–Trinajstić information content (AvgIpc) is 2.26. The molecule has 1 rings (SSSR count). The highest BCUT2D eigenvalue weighted by Gasteiger charge is 2.05. The van der Waals surface area contributed by atoms with Gasteiger partial charge in [0, 0.05) is 6.42 Å². The molecule has 0 saturated heterocycles. The van der Waals surface area contributed by atoms with E-state index in [2.05, 4.69) is 6.07 Å². The third-order valence-electron chi connectivity index (χ3n) is 2.10. The van der Waals surface area contributed by atoms with E-state index in [0.29, 0.717) is 28.8 Å². The Morgan fingerprint density at radius 1 is 1.12 bits per heavy atom. The van der Waals surface area contributed by atoms with E-state index in [4.69, 9.17) is 33.2 Å². The first-order chi connectivity index (χ1) is 7.75. The summed E-state index contributed by atoms with van der Waals surface area (Å²) in [7, 11) is 0. The standard InChI is InChI=1S/C12H13Cl2NO/c13-10-6-5-7-11(14)12(10)16-9-4-2-1-3-8-15/h5-7H,1-4,9H2. The van der Waals surface area contributed by atoms with Crippen LogP contribution in [0.1, 0.15) is 25.7 Å². The van der Waals surface area contributed by atoms with Gasteiger partial charge in [0.1, 0.15) is 0 Å². The van der Waals surface area contributed by atoms with E-state index in [0.717, 1.165) is 19.3 Å². The highest BCUT2D eigenvalue weighted by atomic mass is 35.5. The van der Waals surface area contributed by atoms with Crippen LogP contribution in [0.5, 0.6) is 5.75 Å². The van der Waals surface area contributed by atoms with Gasteiger partial charge in [0.05, 0.1) is 22.7 Å². The van der Waals surface area contributed by atoms with Gasteiger partial charge < -0.3 is 4.74 Å². The fourth-order valence-corrected chi connectivity index (χ4v) is 1.78. The molecule has 0 atom stereocenters. The molecule has 0 fully saturated rings. The van der Waals surface area contributed by atoms with Gasteiger partial charge in [0.2, 0.25) is 0 Å². The number of rotatable bonds is 6. The molecule has 4 heteroatoms. The molecule has 0 heterocycles. The maximum absolute atomic E-state index is 8.36. The van der Waals surface area contributed by atoms with E-state index >= 15 is 0 Å². The van der Waals surface area contributed by atoms with Crippen molar-refractivity contribution in [1.29, 1.82) is 5.26 Å². The van der Waals surface area contributed by atoms with Crippen molar-refractivity contribution in [2.45, 2.75) is 25.7 Å². The van der Waals surface area contributed by atoms with Crippen LogP contribution < -0.4 is 4.74 Å². The Labute approximate surface area is 106 Å². The van der Waals surface area contributed by atoms with Gasteiger partial charge in [-0.15, -0.1) is 0 Å². The van der Waals surface area contributed by atoms with E-state index in [1.807, 2.05) is 0 Å². The van der Waals surface area contributed by atoms with Gasteiger partial charge in [-0.25, -0.2) is 0 Å². The van der Waals surface area contributed by atoms with Crippen molar-refractivity contribution in [2.24, 2.45) is 0 Å². The molecule has 1 aromatic carbocycles. The van der Waals surface area contributed by atoms with Gasteiger partial charge in [0.15, 0.2) is 5.75 Å². The predicted molar refractivity (Wildman–Crippen MR) is 66.0 cm³/mol. The van der Waals surface area contributed by atoms with E-state index in [1.54, 1.807) is 18.2 Å². The van der Waals surface area contributed by atoms with Gasteiger partial charge in [-0.1, -0.05) is 29.3 Å². The summed E-state index contributed by atoms with van der Waals surface area (Å²) in [6.45, 7) is 0.578. The van der Waals surface area contributed by atoms with Crippen molar-refractivity contribution >= 4 is 23.2 Å². The molecule has 0 N–H and O–H groups in total. The molecule has 0 radical (unpaired) electrons. The Kier molecular flexibility index (Phi) is 6.07. The Bertz CT molecular complexity index is 354. The number of para-hydroxylation sites is 1. The number of benzene rings is 1. The number of hydrogen-bond acceptors (Lipinski definition) is 2. The van der Waals surface area contributed by atoms with Crippen LogP contribution in [0, 0.1) is 11.3 Å². The van der Waals surface area contributed by atoms with E-state index in [9.17, 15) is 0 Å². The van der Waals surface area contributed by atoms with Crippen LogP contribution in [0.3, 0.4) is 0 Å². The minimum atomic E-state index is 0.532. The van der Waals surface area contributed by atoms with E-state index in [-0.39, 0.29) is 0 Å². The second-order valence-corrected chi connectivity index (χ2v) is 4.18. The van der Waals surface area contributed by atoms with Crippen LogP contribution in [0.2, 0.25) is 10.0 Å². The molecule has 0 aliphatic heterocycles. The second kappa shape index (κ2) is 7.38. The third-order valence-corrected chi connectivity index (χ3v) is 2.69. The highest BCUT2D eigenvalue weighted by molar-refractivity contribution is 6.37. The minimum absolute atomic E-state index is 0.532. The fourth-order valence-electron chi connectivity index (χ4n) is 1.28. The summed E-state index contributed by atoms with van der Waals surface area (Å²) in [5.41, 5.74) is 0. The van der Waals surface area contributed by atoms with Gasteiger partial charge in [0.25, 0.3) is 0 Å². The molecule has 16 heavy (non-hydrogen) atoms. The van der Waals surface area contributed by atoms with Crippen LogP contribution in [0.4, 0.5) is 0 Å². The summed E-state index contributed by atoms with van der Waals surface area (Å²) in [6, 6.07) is 7.39. The quantitative estimate of drug-likeness (QED) is 0.706. The summed E-state index contributed by atoms with van der Waals surface area (Å²) in [5, 5.41) is 9.42. The van der Waals surface area contributed by atoms with Crippen LogP contribution in [-0.2, 0) is 0 Å². The molecule has 0 bridgehead atoms. The smallest absolute Gasteiger partial charge is 0.156 e. The molecule has 86 valence electrons. The molecular weight excluding hydrogens is 245 g/mol. The van der Waals surface area contributed by atoms with Crippen molar-refractivity contribution in [2.75, 3.05) is 6.61 Å². The van der Waals surface area contributed by atoms with Gasteiger partial charge in [-0.3, -0.25) is 0 Å². The Morgan fingerprint density at radius 3 is 2.44 bits per heavy atom. The summed E-state index contributed by atoms with van der Waals surface area (Å²) in [6.07, 6.45) is 3.40. The zero-order chi connectivity index (χ0) is 11.8. The summed E-state index contributed by atoms with van der Waals surface area (Å²) in [5.74, 6) is 0.547. The van der Waals surface area contributed by atoms with Gasteiger partial charge >= 0.3 is 0 Å². The molecule has 0 amide bonds. The minimum Gasteiger partial charge on any atom is -0.490 e. The SMILES string of the molecule is N#CCCCCCOc1c(Cl)cccc1Cl. The fraction of sp³-hybridized carbons (Fsp3) is 0.417. The summed E-state index contributed by atoms with van der Waals surface area (Å²) < 4.78 is 5.50. The van der Waals surface area contributed by atoms with E-state index in [1.165, 1.54) is 0 Å². The van der Waals surface area contributed by atoms with Gasteiger partial charge in [-0.05, 0) is 31.4 Å². The van der Waals surface area contributed by atoms with Crippen molar-refractivity contribution in [3.05, 3.63) is 28.2 Å². The zero-order valence-corrected chi connectivity index (χ0v) is 10.4. The number of nitrogens with zero attached hydrogens (tertiary/aromatic N) is 1. The maximum Gasteiger partial charge on any atom is 0.156 e. The predicted octanol–water partition coefficient (Wildman–Crippen LogP) is 4.46.